The van der Waals surface area contributed by atoms with Crippen LogP contribution in [-0.4, -0.2) is 26.2 Å². The topological polar surface area (TPSA) is 90.9 Å². The third-order valence-electron chi connectivity index (χ3n) is 2.01. The van der Waals surface area contributed by atoms with Crippen molar-refractivity contribution >= 4 is 12.0 Å². The summed E-state index contributed by atoms with van der Waals surface area (Å²) in [6.07, 6.45) is 1.61. The Morgan fingerprint density at radius 1 is 1.47 bits per heavy atom. The monoisotopic (exact) mass is 236 g/mol. The Bertz CT molecular complexity index is 596. The molecule has 0 saturated carbocycles. The van der Waals surface area contributed by atoms with Crippen molar-refractivity contribution in [1.29, 1.82) is 0 Å². The molecule has 0 unspecified atom stereocenters. The highest BCUT2D eigenvalue weighted by Gasteiger charge is 2.17. The lowest BCUT2D eigenvalue weighted by Gasteiger charge is -2.01. The lowest BCUT2D eigenvalue weighted by atomic mass is 10.2. The van der Waals surface area contributed by atoms with Gasteiger partial charge in [0, 0.05) is 12.1 Å². The SMILES string of the molecule is O=Cc1cn(-c2cc(F)ccc2[N+](=O)[O-])nn1. The zero-order chi connectivity index (χ0) is 12.4. The van der Waals surface area contributed by atoms with Gasteiger partial charge < -0.3 is 0 Å². The van der Waals surface area contributed by atoms with Gasteiger partial charge in [0.05, 0.1) is 11.1 Å². The molecule has 1 aromatic carbocycles. The van der Waals surface area contributed by atoms with Crippen LogP contribution in [0.15, 0.2) is 24.4 Å². The Morgan fingerprint density at radius 3 is 2.82 bits per heavy atom. The van der Waals surface area contributed by atoms with Crippen molar-refractivity contribution in [2.24, 2.45) is 0 Å². The van der Waals surface area contributed by atoms with Crippen LogP contribution in [0, 0.1) is 15.9 Å². The fraction of sp³-hybridized carbons (Fsp3) is 0. The number of carbonyl (C=O) groups is 1. The fourth-order valence-electron chi connectivity index (χ4n) is 1.28. The summed E-state index contributed by atoms with van der Waals surface area (Å²) in [6, 6.07) is 2.94. The number of halogens is 1. The quantitative estimate of drug-likeness (QED) is 0.452. The normalized spacial score (nSPS) is 10.2. The maximum absolute atomic E-state index is 13.0. The summed E-state index contributed by atoms with van der Waals surface area (Å²) in [5, 5.41) is 17.7. The lowest BCUT2D eigenvalue weighted by Crippen LogP contribution is -2.01. The first-order chi connectivity index (χ1) is 8.11. The molecule has 2 rings (SSSR count). The van der Waals surface area contributed by atoms with Crippen LogP contribution in [0.1, 0.15) is 10.5 Å². The Morgan fingerprint density at radius 2 is 2.24 bits per heavy atom. The van der Waals surface area contributed by atoms with Gasteiger partial charge in [0.2, 0.25) is 0 Å². The van der Waals surface area contributed by atoms with Gasteiger partial charge in [-0.1, -0.05) is 5.21 Å². The Balaban J connectivity index is 2.60. The van der Waals surface area contributed by atoms with E-state index in [0.717, 1.165) is 22.9 Å². The number of rotatable bonds is 3. The van der Waals surface area contributed by atoms with E-state index < -0.39 is 10.7 Å². The molecule has 0 aliphatic rings. The molecule has 0 saturated heterocycles. The van der Waals surface area contributed by atoms with Crippen molar-refractivity contribution < 1.29 is 14.1 Å². The zero-order valence-corrected chi connectivity index (χ0v) is 8.28. The van der Waals surface area contributed by atoms with E-state index in [2.05, 4.69) is 10.3 Å². The molecule has 7 nitrogen and oxygen atoms in total. The minimum absolute atomic E-state index is 0.00330. The van der Waals surface area contributed by atoms with Gasteiger partial charge in [0.25, 0.3) is 5.69 Å². The second kappa shape index (κ2) is 4.08. The molecular formula is C9H5FN4O3. The van der Waals surface area contributed by atoms with Gasteiger partial charge in [-0.25, -0.2) is 9.07 Å². The number of carbonyl (C=O) groups excluding carboxylic acids is 1. The number of nitro benzene ring substituents is 1. The molecule has 0 spiro atoms. The minimum Gasteiger partial charge on any atom is -0.296 e. The number of nitro groups is 1. The molecule has 0 aliphatic heterocycles. The molecular weight excluding hydrogens is 231 g/mol. The van der Waals surface area contributed by atoms with E-state index in [0.29, 0.717) is 6.29 Å². The molecule has 0 N–H and O–H groups in total. The Kier molecular flexibility index (Phi) is 2.61. The summed E-state index contributed by atoms with van der Waals surface area (Å²) >= 11 is 0. The van der Waals surface area contributed by atoms with Gasteiger partial charge in [-0.2, -0.15) is 0 Å². The molecule has 0 radical (unpaired) electrons. The second-order valence-electron chi connectivity index (χ2n) is 3.10. The summed E-state index contributed by atoms with van der Waals surface area (Å²) in [5.74, 6) is -0.645. The molecule has 86 valence electrons. The Labute approximate surface area is 93.6 Å². The molecule has 0 amide bonds. The van der Waals surface area contributed by atoms with Crippen LogP contribution in [0.4, 0.5) is 10.1 Å². The van der Waals surface area contributed by atoms with Crippen LogP contribution in [0.25, 0.3) is 5.69 Å². The number of aromatic nitrogens is 3. The first kappa shape index (κ1) is 10.9. The van der Waals surface area contributed by atoms with Crippen molar-refractivity contribution in [3.8, 4) is 5.69 Å². The number of aldehydes is 1. The summed E-state index contributed by atoms with van der Waals surface area (Å²) in [7, 11) is 0. The summed E-state index contributed by atoms with van der Waals surface area (Å²) < 4.78 is 14.0. The van der Waals surface area contributed by atoms with Crippen LogP contribution in [0.3, 0.4) is 0 Å². The molecule has 0 fully saturated rings. The predicted octanol–water partition coefficient (Wildman–Crippen LogP) is 1.13. The molecule has 0 bridgehead atoms. The largest absolute Gasteiger partial charge is 0.296 e. The van der Waals surface area contributed by atoms with E-state index in [1.165, 1.54) is 6.20 Å². The first-order valence-corrected chi connectivity index (χ1v) is 4.43. The van der Waals surface area contributed by atoms with E-state index in [-0.39, 0.29) is 17.1 Å². The van der Waals surface area contributed by atoms with E-state index in [1.54, 1.807) is 0 Å². The molecule has 8 heteroatoms. The first-order valence-electron chi connectivity index (χ1n) is 4.43. The molecule has 1 aromatic heterocycles. The number of nitrogens with zero attached hydrogens (tertiary/aromatic N) is 4. The van der Waals surface area contributed by atoms with Crippen LogP contribution in [-0.2, 0) is 0 Å². The van der Waals surface area contributed by atoms with Crippen molar-refractivity contribution in [2.45, 2.75) is 0 Å². The predicted molar refractivity (Wildman–Crippen MR) is 53.4 cm³/mol. The molecule has 17 heavy (non-hydrogen) atoms. The summed E-state index contributed by atoms with van der Waals surface area (Å²) in [4.78, 5) is 20.5. The van der Waals surface area contributed by atoms with Crippen molar-refractivity contribution in [3.63, 3.8) is 0 Å². The summed E-state index contributed by atoms with van der Waals surface area (Å²) in [6.45, 7) is 0. The standard InChI is InChI=1S/C9H5FN4O3/c10-6-1-2-8(14(16)17)9(3-6)13-4-7(5-15)11-12-13/h1-5H. The number of benzene rings is 1. The minimum atomic E-state index is -0.670. The van der Waals surface area contributed by atoms with Gasteiger partial charge in [-0.15, -0.1) is 5.10 Å². The van der Waals surface area contributed by atoms with E-state index in [4.69, 9.17) is 0 Å². The third kappa shape index (κ3) is 2.00. The van der Waals surface area contributed by atoms with Crippen LogP contribution in [0.2, 0.25) is 0 Å². The van der Waals surface area contributed by atoms with E-state index in [9.17, 15) is 19.3 Å². The van der Waals surface area contributed by atoms with Crippen LogP contribution in [0.5, 0.6) is 0 Å². The fourth-order valence-corrected chi connectivity index (χ4v) is 1.28. The lowest BCUT2D eigenvalue weighted by molar-refractivity contribution is -0.384. The van der Waals surface area contributed by atoms with Crippen molar-refractivity contribution in [2.75, 3.05) is 0 Å². The highest BCUT2D eigenvalue weighted by Crippen LogP contribution is 2.22. The number of hydrogen-bond acceptors (Lipinski definition) is 5. The highest BCUT2D eigenvalue weighted by atomic mass is 19.1. The number of hydrogen-bond donors (Lipinski definition) is 0. The van der Waals surface area contributed by atoms with Gasteiger partial charge in [0.15, 0.2) is 6.29 Å². The maximum atomic E-state index is 13.0. The molecule has 0 atom stereocenters. The molecule has 0 aliphatic carbocycles. The van der Waals surface area contributed by atoms with Crippen LogP contribution >= 0.6 is 0 Å². The van der Waals surface area contributed by atoms with Crippen LogP contribution < -0.4 is 0 Å². The molecule has 1 heterocycles. The van der Waals surface area contributed by atoms with Crippen molar-refractivity contribution in [1.82, 2.24) is 15.0 Å². The van der Waals surface area contributed by atoms with E-state index in [1.807, 2.05) is 0 Å². The van der Waals surface area contributed by atoms with Crippen molar-refractivity contribution in [3.05, 3.63) is 46.0 Å². The summed E-state index contributed by atoms with van der Waals surface area (Å²) in [5.41, 5.74) is -0.409. The second-order valence-corrected chi connectivity index (χ2v) is 3.10. The molecule has 2 aromatic rings. The maximum Gasteiger partial charge on any atom is 0.295 e. The van der Waals surface area contributed by atoms with E-state index >= 15 is 0 Å². The third-order valence-corrected chi connectivity index (χ3v) is 2.01. The average Bonchev–Trinajstić information content (AvgIpc) is 2.76. The average molecular weight is 236 g/mol. The van der Waals surface area contributed by atoms with Gasteiger partial charge in [0.1, 0.15) is 17.2 Å². The van der Waals surface area contributed by atoms with Gasteiger partial charge in [-0.3, -0.25) is 14.9 Å². The zero-order valence-electron chi connectivity index (χ0n) is 8.28. The van der Waals surface area contributed by atoms with Gasteiger partial charge >= 0.3 is 0 Å². The Hall–Kier alpha value is -2.64. The smallest absolute Gasteiger partial charge is 0.295 e. The van der Waals surface area contributed by atoms with Gasteiger partial charge in [-0.05, 0) is 6.07 Å². The highest BCUT2D eigenvalue weighted by molar-refractivity contribution is 5.71.